The van der Waals surface area contributed by atoms with E-state index in [-0.39, 0.29) is 30.8 Å². The number of carbonyl (C=O) groups excluding carboxylic acids is 1. The fraction of sp³-hybridized carbons (Fsp3) is 0.348. The van der Waals surface area contributed by atoms with Crippen LogP contribution in [-0.2, 0) is 11.4 Å². The number of aromatic nitrogens is 2. The fourth-order valence-corrected chi connectivity index (χ4v) is 3.45. The summed E-state index contributed by atoms with van der Waals surface area (Å²) in [5.41, 5.74) is 0.604. The van der Waals surface area contributed by atoms with Gasteiger partial charge in [-0.25, -0.2) is 4.39 Å². The van der Waals surface area contributed by atoms with E-state index in [9.17, 15) is 9.18 Å². The lowest BCUT2D eigenvalue weighted by atomic mass is 10.2. The minimum absolute atomic E-state index is 0.0243. The van der Waals surface area contributed by atoms with E-state index in [1.54, 1.807) is 24.3 Å². The second-order valence-corrected chi connectivity index (χ2v) is 7.31. The largest absolute Gasteiger partial charge is 0.483 e. The van der Waals surface area contributed by atoms with Gasteiger partial charge in [-0.05, 0) is 37.1 Å². The van der Waals surface area contributed by atoms with Crippen LogP contribution in [0.5, 0.6) is 11.5 Å². The van der Waals surface area contributed by atoms with Gasteiger partial charge in [0, 0.05) is 13.1 Å². The average Bonchev–Trinajstić information content (AvgIpc) is 3.09. The van der Waals surface area contributed by atoms with Crippen LogP contribution >= 0.6 is 0 Å². The highest BCUT2D eigenvalue weighted by molar-refractivity contribution is 5.78. The Hall–Kier alpha value is -3.42. The monoisotopic (exact) mass is 425 g/mol. The molecule has 1 aromatic heterocycles. The minimum Gasteiger partial charge on any atom is -0.483 e. The number of likely N-dealkylation sites (tertiary alicyclic amines) is 1. The van der Waals surface area contributed by atoms with Crippen molar-refractivity contribution in [1.82, 2.24) is 15.0 Å². The van der Waals surface area contributed by atoms with E-state index in [1.807, 2.05) is 17.0 Å². The molecule has 0 atom stereocenters. The van der Waals surface area contributed by atoms with E-state index in [0.29, 0.717) is 17.1 Å². The third-order valence-corrected chi connectivity index (χ3v) is 5.09. The van der Waals surface area contributed by atoms with Gasteiger partial charge in [0.15, 0.2) is 24.8 Å². The van der Waals surface area contributed by atoms with Crippen LogP contribution in [0.2, 0.25) is 0 Å². The Balaban J connectivity index is 1.40. The van der Waals surface area contributed by atoms with Crippen LogP contribution < -0.4 is 9.47 Å². The highest BCUT2D eigenvalue weighted by Crippen LogP contribution is 2.28. The molecule has 0 unspecified atom stereocenters. The van der Waals surface area contributed by atoms with E-state index in [4.69, 9.17) is 14.0 Å². The summed E-state index contributed by atoms with van der Waals surface area (Å²) in [6.45, 7) is 1.45. The lowest BCUT2D eigenvalue weighted by Gasteiger charge is -2.20. The molecule has 0 saturated carbocycles. The smallest absolute Gasteiger partial charge is 0.264 e. The van der Waals surface area contributed by atoms with E-state index in [0.717, 1.165) is 38.8 Å². The normalized spacial score (nSPS) is 14.2. The van der Waals surface area contributed by atoms with Crippen LogP contribution in [-0.4, -0.2) is 40.6 Å². The molecule has 2 aromatic carbocycles. The van der Waals surface area contributed by atoms with Gasteiger partial charge >= 0.3 is 0 Å². The predicted octanol–water partition coefficient (Wildman–Crippen LogP) is 4.24. The molecule has 162 valence electrons. The quantitative estimate of drug-likeness (QED) is 0.564. The molecule has 31 heavy (non-hydrogen) atoms. The zero-order valence-electron chi connectivity index (χ0n) is 17.1. The van der Waals surface area contributed by atoms with Gasteiger partial charge < -0.3 is 18.9 Å². The fourth-order valence-electron chi connectivity index (χ4n) is 3.45. The first-order valence-corrected chi connectivity index (χ1v) is 10.4. The lowest BCUT2D eigenvalue weighted by Crippen LogP contribution is -2.35. The van der Waals surface area contributed by atoms with Crippen molar-refractivity contribution in [2.45, 2.75) is 32.3 Å². The number of amides is 1. The molecule has 4 rings (SSSR count). The van der Waals surface area contributed by atoms with Gasteiger partial charge in [-0.15, -0.1) is 0 Å². The summed E-state index contributed by atoms with van der Waals surface area (Å²) < 4.78 is 30.1. The molecule has 0 bridgehead atoms. The van der Waals surface area contributed by atoms with Crippen molar-refractivity contribution >= 4 is 5.91 Å². The number of nitrogens with zero attached hydrogens (tertiary/aromatic N) is 3. The third kappa shape index (κ3) is 5.39. The summed E-state index contributed by atoms with van der Waals surface area (Å²) in [5.74, 6) is 0.628. The predicted molar refractivity (Wildman–Crippen MR) is 111 cm³/mol. The van der Waals surface area contributed by atoms with Crippen molar-refractivity contribution in [2.75, 3.05) is 19.7 Å². The van der Waals surface area contributed by atoms with Gasteiger partial charge in [0.05, 0.1) is 5.56 Å². The van der Waals surface area contributed by atoms with Crippen LogP contribution in [0.4, 0.5) is 4.39 Å². The molecular formula is C23H24FN3O4. The van der Waals surface area contributed by atoms with Crippen LogP contribution in [0, 0.1) is 5.82 Å². The van der Waals surface area contributed by atoms with Crippen molar-refractivity contribution in [1.29, 1.82) is 0 Å². The first kappa shape index (κ1) is 20.8. The Bertz CT molecular complexity index is 1020. The van der Waals surface area contributed by atoms with E-state index in [2.05, 4.69) is 10.1 Å². The first-order chi connectivity index (χ1) is 15.2. The highest BCUT2D eigenvalue weighted by Gasteiger charge is 2.18. The third-order valence-electron chi connectivity index (χ3n) is 5.09. The molecule has 1 amide bonds. The Morgan fingerprint density at radius 2 is 1.68 bits per heavy atom. The molecule has 1 aliphatic heterocycles. The highest BCUT2D eigenvalue weighted by atomic mass is 19.1. The van der Waals surface area contributed by atoms with Gasteiger partial charge in [0.2, 0.25) is 5.82 Å². The Labute approximate surface area is 179 Å². The first-order valence-electron chi connectivity index (χ1n) is 10.4. The molecule has 1 saturated heterocycles. The summed E-state index contributed by atoms with van der Waals surface area (Å²) in [7, 11) is 0. The summed E-state index contributed by atoms with van der Waals surface area (Å²) >= 11 is 0. The number of hydrogen-bond donors (Lipinski definition) is 0. The zero-order chi connectivity index (χ0) is 21.5. The second-order valence-electron chi connectivity index (χ2n) is 7.31. The molecule has 8 heteroatoms. The summed E-state index contributed by atoms with van der Waals surface area (Å²) in [5, 5.41) is 3.98. The maximum absolute atomic E-state index is 13.7. The number of rotatable bonds is 7. The van der Waals surface area contributed by atoms with E-state index < -0.39 is 5.82 Å². The van der Waals surface area contributed by atoms with Crippen LogP contribution in [0.15, 0.2) is 53.1 Å². The number of para-hydroxylation sites is 2. The van der Waals surface area contributed by atoms with Crippen molar-refractivity contribution < 1.29 is 23.2 Å². The molecule has 0 spiro atoms. The number of carbonyl (C=O) groups is 1. The molecule has 0 radical (unpaired) electrons. The molecule has 1 fully saturated rings. The average molecular weight is 425 g/mol. The zero-order valence-corrected chi connectivity index (χ0v) is 17.1. The molecule has 2 heterocycles. The van der Waals surface area contributed by atoms with Gasteiger partial charge in [-0.3, -0.25) is 4.79 Å². The van der Waals surface area contributed by atoms with Gasteiger partial charge in [-0.1, -0.05) is 42.3 Å². The Morgan fingerprint density at radius 3 is 2.45 bits per heavy atom. The minimum atomic E-state index is -0.463. The van der Waals surface area contributed by atoms with Gasteiger partial charge in [0.25, 0.3) is 11.8 Å². The number of halogens is 1. The molecular weight excluding hydrogens is 401 g/mol. The Kier molecular flexibility index (Phi) is 6.76. The maximum Gasteiger partial charge on any atom is 0.264 e. The van der Waals surface area contributed by atoms with Crippen LogP contribution in [0.1, 0.15) is 31.6 Å². The molecule has 0 aliphatic carbocycles. The van der Waals surface area contributed by atoms with Crippen LogP contribution in [0.25, 0.3) is 11.4 Å². The van der Waals surface area contributed by atoms with Crippen molar-refractivity contribution in [2.24, 2.45) is 0 Å². The standard InChI is InChI=1S/C23H24FN3O4/c24-18-10-4-6-12-20(18)29-15-21-25-23(26-31-21)17-9-3-5-11-19(17)30-16-22(28)27-13-7-1-2-8-14-27/h3-6,9-12H,1-2,7-8,13-16H2. The number of ether oxygens (including phenoxy) is 2. The van der Waals surface area contributed by atoms with Gasteiger partial charge in [-0.2, -0.15) is 4.98 Å². The second kappa shape index (κ2) is 10.1. The molecule has 7 nitrogen and oxygen atoms in total. The lowest BCUT2D eigenvalue weighted by molar-refractivity contribution is -0.133. The van der Waals surface area contributed by atoms with Crippen molar-refractivity contribution in [3.05, 3.63) is 60.2 Å². The summed E-state index contributed by atoms with van der Waals surface area (Å²) in [4.78, 5) is 18.7. The molecule has 1 aliphatic rings. The maximum atomic E-state index is 13.7. The summed E-state index contributed by atoms with van der Waals surface area (Å²) in [6.07, 6.45) is 4.38. The van der Waals surface area contributed by atoms with Gasteiger partial charge in [0.1, 0.15) is 5.75 Å². The topological polar surface area (TPSA) is 77.7 Å². The molecule has 3 aromatic rings. The summed E-state index contributed by atoms with van der Waals surface area (Å²) in [6, 6.07) is 13.3. The van der Waals surface area contributed by atoms with Crippen molar-refractivity contribution in [3.63, 3.8) is 0 Å². The van der Waals surface area contributed by atoms with E-state index in [1.165, 1.54) is 12.1 Å². The van der Waals surface area contributed by atoms with E-state index >= 15 is 0 Å². The van der Waals surface area contributed by atoms with Crippen LogP contribution in [0.3, 0.4) is 0 Å². The SMILES string of the molecule is O=C(COc1ccccc1-c1noc(COc2ccccc2F)n1)N1CCCCCC1. The van der Waals surface area contributed by atoms with Crippen molar-refractivity contribution in [3.8, 4) is 22.9 Å². The number of hydrogen-bond acceptors (Lipinski definition) is 6. The molecule has 0 N–H and O–H groups in total. The number of benzene rings is 2. The Morgan fingerprint density at radius 1 is 0.968 bits per heavy atom.